The minimum atomic E-state index is -0.572. The van der Waals surface area contributed by atoms with Crippen LogP contribution in [0.25, 0.3) is 0 Å². The molecular formula is C22H38O4. The van der Waals surface area contributed by atoms with Crippen LogP contribution in [0.1, 0.15) is 84.0 Å². The van der Waals surface area contributed by atoms with Crippen LogP contribution in [-0.2, 0) is 4.79 Å². The van der Waals surface area contributed by atoms with E-state index < -0.39 is 6.10 Å². The van der Waals surface area contributed by atoms with Gasteiger partial charge in [-0.2, -0.15) is 0 Å². The number of rotatable bonds is 11. The van der Waals surface area contributed by atoms with Crippen LogP contribution in [0.4, 0.5) is 0 Å². The molecule has 4 heteroatoms. The molecule has 0 heterocycles. The lowest BCUT2D eigenvalue weighted by atomic mass is 9.80. The second kappa shape index (κ2) is 10.6. The molecule has 0 saturated heterocycles. The van der Waals surface area contributed by atoms with Gasteiger partial charge in [-0.1, -0.05) is 57.6 Å². The SMILES string of the molecule is CC1([C@H](O)C/C=C/[C@H]2[C@H](O)CC(=O)[C@@H]2CCCCCCCO)CCCC1. The second-order valence-corrected chi connectivity index (χ2v) is 8.74. The third-order valence-corrected chi connectivity index (χ3v) is 6.67. The molecular weight excluding hydrogens is 328 g/mol. The Balaban J connectivity index is 1.79. The third kappa shape index (κ3) is 5.90. The number of carbonyl (C=O) groups excluding carboxylic acids is 1. The Labute approximate surface area is 158 Å². The largest absolute Gasteiger partial charge is 0.396 e. The van der Waals surface area contributed by atoms with E-state index in [9.17, 15) is 15.0 Å². The molecule has 0 amide bonds. The number of ketones is 1. The van der Waals surface area contributed by atoms with Gasteiger partial charge in [-0.25, -0.2) is 0 Å². The van der Waals surface area contributed by atoms with Crippen LogP contribution < -0.4 is 0 Å². The number of unbranched alkanes of at least 4 members (excludes halogenated alkanes) is 4. The molecule has 4 atom stereocenters. The van der Waals surface area contributed by atoms with Gasteiger partial charge in [0.1, 0.15) is 5.78 Å². The number of aliphatic hydroxyl groups excluding tert-OH is 3. The first kappa shape index (κ1) is 21.6. The first-order chi connectivity index (χ1) is 12.5. The van der Waals surface area contributed by atoms with Gasteiger partial charge in [-0.3, -0.25) is 4.79 Å². The number of hydrogen-bond donors (Lipinski definition) is 3. The van der Waals surface area contributed by atoms with Gasteiger partial charge in [-0.15, -0.1) is 0 Å². The van der Waals surface area contributed by atoms with Crippen molar-refractivity contribution in [3.63, 3.8) is 0 Å². The molecule has 3 N–H and O–H groups in total. The molecule has 2 aliphatic rings. The van der Waals surface area contributed by atoms with E-state index in [0.29, 0.717) is 6.42 Å². The Kier molecular flexibility index (Phi) is 8.78. The highest BCUT2D eigenvalue weighted by Crippen LogP contribution is 2.42. The van der Waals surface area contributed by atoms with Gasteiger partial charge in [0.25, 0.3) is 0 Å². The molecule has 2 rings (SSSR count). The molecule has 0 aliphatic heterocycles. The summed E-state index contributed by atoms with van der Waals surface area (Å²) in [5.74, 6) is 0.0210. The summed E-state index contributed by atoms with van der Waals surface area (Å²) in [6.07, 6.45) is 14.4. The van der Waals surface area contributed by atoms with Crippen molar-refractivity contribution in [3.05, 3.63) is 12.2 Å². The van der Waals surface area contributed by atoms with E-state index in [0.717, 1.165) is 51.4 Å². The van der Waals surface area contributed by atoms with E-state index in [1.165, 1.54) is 12.8 Å². The fraction of sp³-hybridized carbons (Fsp3) is 0.864. The highest BCUT2D eigenvalue weighted by molar-refractivity contribution is 5.84. The number of hydrogen-bond acceptors (Lipinski definition) is 4. The van der Waals surface area contributed by atoms with Crippen molar-refractivity contribution in [3.8, 4) is 0 Å². The maximum atomic E-state index is 12.2. The highest BCUT2D eigenvalue weighted by Gasteiger charge is 2.39. The zero-order valence-electron chi connectivity index (χ0n) is 16.4. The molecule has 26 heavy (non-hydrogen) atoms. The molecule has 2 aliphatic carbocycles. The van der Waals surface area contributed by atoms with E-state index in [1.54, 1.807) is 0 Å². The normalized spacial score (nSPS) is 29.7. The highest BCUT2D eigenvalue weighted by atomic mass is 16.3. The first-order valence-electron chi connectivity index (χ1n) is 10.6. The van der Waals surface area contributed by atoms with Crippen molar-refractivity contribution in [2.75, 3.05) is 6.61 Å². The summed E-state index contributed by atoms with van der Waals surface area (Å²) in [5, 5.41) is 29.6. The average molecular weight is 367 g/mol. The molecule has 0 bridgehead atoms. The van der Waals surface area contributed by atoms with Crippen LogP contribution in [0.2, 0.25) is 0 Å². The van der Waals surface area contributed by atoms with Gasteiger partial charge >= 0.3 is 0 Å². The van der Waals surface area contributed by atoms with Gasteiger partial charge in [-0.05, 0) is 37.5 Å². The lowest BCUT2D eigenvalue weighted by molar-refractivity contribution is -0.121. The van der Waals surface area contributed by atoms with Crippen LogP contribution in [0.5, 0.6) is 0 Å². The number of carbonyl (C=O) groups is 1. The topological polar surface area (TPSA) is 77.8 Å². The summed E-state index contributed by atoms with van der Waals surface area (Å²) >= 11 is 0. The van der Waals surface area contributed by atoms with Crippen LogP contribution in [0.15, 0.2) is 12.2 Å². The molecule has 150 valence electrons. The maximum Gasteiger partial charge on any atom is 0.139 e. The van der Waals surface area contributed by atoms with Gasteiger partial charge < -0.3 is 15.3 Å². The van der Waals surface area contributed by atoms with Crippen LogP contribution in [-0.4, -0.2) is 39.9 Å². The number of Topliss-reactive ketones (excluding diaryl/α,β-unsaturated/α-hetero) is 1. The fourth-order valence-corrected chi connectivity index (χ4v) is 4.76. The Morgan fingerprint density at radius 1 is 1.15 bits per heavy atom. The van der Waals surface area contributed by atoms with Crippen molar-refractivity contribution in [1.29, 1.82) is 0 Å². The second-order valence-electron chi connectivity index (χ2n) is 8.74. The predicted octanol–water partition coefficient (Wildman–Crippen LogP) is 3.77. The predicted molar refractivity (Wildman–Crippen MR) is 104 cm³/mol. The lowest BCUT2D eigenvalue weighted by Gasteiger charge is -2.29. The summed E-state index contributed by atoms with van der Waals surface area (Å²) in [7, 11) is 0. The zero-order valence-corrected chi connectivity index (χ0v) is 16.4. The van der Waals surface area contributed by atoms with E-state index in [-0.39, 0.29) is 42.2 Å². The van der Waals surface area contributed by atoms with Crippen molar-refractivity contribution in [1.82, 2.24) is 0 Å². The number of aliphatic hydroxyl groups is 3. The summed E-state index contributed by atoms with van der Waals surface area (Å²) in [6.45, 7) is 2.43. The molecule has 2 saturated carbocycles. The Hall–Kier alpha value is -0.710. The molecule has 0 aromatic carbocycles. The standard InChI is InChI=1S/C22H38O4/c1-22(13-6-7-14-22)21(26)12-9-11-18-17(19(24)16-20(18)25)10-5-3-2-4-8-15-23/h9,11,17-18,20-21,23,25-26H,2-8,10,12-16H2,1H3/b11-9+/t17-,18-,20-,21-/m1/s1. The molecule has 0 spiro atoms. The maximum absolute atomic E-state index is 12.2. The molecule has 4 nitrogen and oxygen atoms in total. The quantitative estimate of drug-likeness (QED) is 0.384. The Bertz CT molecular complexity index is 453. The van der Waals surface area contributed by atoms with Crippen molar-refractivity contribution in [2.45, 2.75) is 96.2 Å². The Morgan fingerprint density at radius 2 is 1.81 bits per heavy atom. The van der Waals surface area contributed by atoms with E-state index in [1.807, 2.05) is 12.2 Å². The molecule has 0 aromatic heterocycles. The first-order valence-corrected chi connectivity index (χ1v) is 10.6. The van der Waals surface area contributed by atoms with Gasteiger partial charge in [0.05, 0.1) is 12.2 Å². The monoisotopic (exact) mass is 366 g/mol. The smallest absolute Gasteiger partial charge is 0.139 e. The zero-order chi connectivity index (χ0) is 19.0. The van der Waals surface area contributed by atoms with Gasteiger partial charge in [0.15, 0.2) is 0 Å². The molecule has 0 unspecified atom stereocenters. The third-order valence-electron chi connectivity index (χ3n) is 6.67. The van der Waals surface area contributed by atoms with E-state index >= 15 is 0 Å². The summed E-state index contributed by atoms with van der Waals surface area (Å²) in [4.78, 5) is 12.2. The van der Waals surface area contributed by atoms with E-state index in [2.05, 4.69) is 6.92 Å². The van der Waals surface area contributed by atoms with Crippen LogP contribution in [0.3, 0.4) is 0 Å². The summed E-state index contributed by atoms with van der Waals surface area (Å²) < 4.78 is 0. The van der Waals surface area contributed by atoms with Gasteiger partial charge in [0.2, 0.25) is 0 Å². The van der Waals surface area contributed by atoms with Crippen molar-refractivity contribution < 1.29 is 20.1 Å². The van der Waals surface area contributed by atoms with Crippen molar-refractivity contribution >= 4 is 5.78 Å². The van der Waals surface area contributed by atoms with Gasteiger partial charge in [0, 0.05) is 24.9 Å². The molecule has 2 fully saturated rings. The van der Waals surface area contributed by atoms with E-state index in [4.69, 9.17) is 5.11 Å². The van der Waals surface area contributed by atoms with Crippen LogP contribution in [0, 0.1) is 17.3 Å². The summed E-state index contributed by atoms with van der Waals surface area (Å²) in [6, 6.07) is 0. The average Bonchev–Trinajstić information content (AvgIpc) is 3.16. The Morgan fingerprint density at radius 3 is 2.50 bits per heavy atom. The fourth-order valence-electron chi connectivity index (χ4n) is 4.76. The summed E-state index contributed by atoms with van der Waals surface area (Å²) in [5.41, 5.74) is 0.0302. The van der Waals surface area contributed by atoms with Crippen molar-refractivity contribution in [2.24, 2.45) is 17.3 Å². The molecule has 0 aromatic rings. The minimum absolute atomic E-state index is 0.0302. The molecule has 0 radical (unpaired) electrons. The van der Waals surface area contributed by atoms with Crippen LogP contribution >= 0.6 is 0 Å². The lowest BCUT2D eigenvalue weighted by Crippen LogP contribution is -2.29. The minimum Gasteiger partial charge on any atom is -0.396 e.